The highest BCUT2D eigenvalue weighted by atomic mass is 35.5. The van der Waals surface area contributed by atoms with E-state index in [4.69, 9.17) is 11.6 Å². The number of nitrogens with zero attached hydrogens (tertiary/aromatic N) is 2. The van der Waals surface area contributed by atoms with Crippen molar-refractivity contribution in [1.82, 2.24) is 15.1 Å². The van der Waals surface area contributed by atoms with Gasteiger partial charge in [0.2, 0.25) is 0 Å². The van der Waals surface area contributed by atoms with Crippen molar-refractivity contribution in [2.75, 3.05) is 39.3 Å². The van der Waals surface area contributed by atoms with Crippen LogP contribution in [0.1, 0.15) is 30.6 Å². The Hall–Kier alpha value is -0.130. The molecule has 2 heterocycles. The zero-order valence-corrected chi connectivity index (χ0v) is 14.3. The highest BCUT2D eigenvalue weighted by molar-refractivity contribution is 7.16. The van der Waals surface area contributed by atoms with Crippen molar-refractivity contribution in [1.29, 1.82) is 0 Å². The molecule has 1 saturated heterocycles. The highest BCUT2D eigenvalue weighted by Crippen LogP contribution is 2.24. The molecule has 0 unspecified atom stereocenters. The average Bonchev–Trinajstić information content (AvgIpc) is 3.16. The van der Waals surface area contributed by atoms with E-state index in [9.17, 15) is 0 Å². The van der Waals surface area contributed by atoms with Gasteiger partial charge in [-0.15, -0.1) is 11.3 Å². The van der Waals surface area contributed by atoms with Gasteiger partial charge in [0, 0.05) is 56.7 Å². The first kappa shape index (κ1) is 15.8. The summed E-state index contributed by atoms with van der Waals surface area (Å²) in [6.45, 7) is 8.19. The second-order valence-electron chi connectivity index (χ2n) is 6.20. The smallest absolute Gasteiger partial charge is 0.0931 e. The van der Waals surface area contributed by atoms with Crippen LogP contribution in [0.5, 0.6) is 0 Å². The summed E-state index contributed by atoms with van der Waals surface area (Å²) < 4.78 is 0.884. The number of hydrogen-bond donors (Lipinski definition) is 1. The standard InChI is InChI=1S/C16H26ClN3S/c17-16-6-5-15(21-16)13-18-7-8-19-9-11-20(12-10-19)14-3-1-2-4-14/h5-6,14,18H,1-4,7-13H2. The maximum atomic E-state index is 5.94. The zero-order valence-electron chi connectivity index (χ0n) is 12.7. The Morgan fingerprint density at radius 3 is 2.57 bits per heavy atom. The lowest BCUT2D eigenvalue weighted by molar-refractivity contribution is 0.0984. The van der Waals surface area contributed by atoms with Gasteiger partial charge in [-0.05, 0) is 25.0 Å². The van der Waals surface area contributed by atoms with Gasteiger partial charge in [-0.2, -0.15) is 0 Å². The third-order valence-corrected chi connectivity index (χ3v) is 6.01. The lowest BCUT2D eigenvalue weighted by Gasteiger charge is -2.38. The van der Waals surface area contributed by atoms with Crippen LogP contribution >= 0.6 is 22.9 Å². The Morgan fingerprint density at radius 1 is 1.14 bits per heavy atom. The summed E-state index contributed by atoms with van der Waals surface area (Å²) in [5, 5.41) is 3.53. The molecule has 1 aromatic heterocycles. The first-order valence-corrected chi connectivity index (χ1v) is 9.42. The van der Waals surface area contributed by atoms with Gasteiger partial charge in [0.05, 0.1) is 4.34 Å². The summed E-state index contributed by atoms with van der Waals surface area (Å²) in [5.74, 6) is 0. The zero-order chi connectivity index (χ0) is 14.5. The van der Waals surface area contributed by atoms with E-state index in [1.165, 1.54) is 56.7 Å². The molecular formula is C16H26ClN3S. The number of rotatable bonds is 6. The van der Waals surface area contributed by atoms with Crippen LogP contribution in [0, 0.1) is 0 Å². The molecule has 1 aromatic rings. The van der Waals surface area contributed by atoms with Crippen molar-refractivity contribution >= 4 is 22.9 Å². The summed E-state index contributed by atoms with van der Waals surface area (Å²) in [6.07, 6.45) is 5.76. The molecule has 2 aliphatic rings. The molecule has 3 nitrogen and oxygen atoms in total. The van der Waals surface area contributed by atoms with Crippen molar-refractivity contribution in [2.45, 2.75) is 38.3 Å². The predicted octanol–water partition coefficient (Wildman–Crippen LogP) is 3.05. The molecule has 0 aromatic carbocycles. The van der Waals surface area contributed by atoms with Gasteiger partial charge < -0.3 is 5.32 Å². The molecule has 5 heteroatoms. The van der Waals surface area contributed by atoms with E-state index in [-0.39, 0.29) is 0 Å². The lowest BCUT2D eigenvalue weighted by atomic mass is 10.2. The minimum atomic E-state index is 0.884. The van der Waals surface area contributed by atoms with Gasteiger partial charge in [-0.1, -0.05) is 24.4 Å². The van der Waals surface area contributed by atoms with Crippen molar-refractivity contribution in [3.05, 3.63) is 21.3 Å². The Balaban J connectivity index is 1.28. The van der Waals surface area contributed by atoms with E-state index in [0.717, 1.165) is 30.0 Å². The van der Waals surface area contributed by atoms with Crippen LogP contribution in [0.2, 0.25) is 4.34 Å². The van der Waals surface area contributed by atoms with Crippen LogP contribution in [0.4, 0.5) is 0 Å². The van der Waals surface area contributed by atoms with Crippen LogP contribution in [-0.2, 0) is 6.54 Å². The van der Waals surface area contributed by atoms with Crippen molar-refractivity contribution in [2.24, 2.45) is 0 Å². The minimum Gasteiger partial charge on any atom is -0.311 e. The fraction of sp³-hybridized carbons (Fsp3) is 0.750. The van der Waals surface area contributed by atoms with Crippen molar-refractivity contribution in [3.63, 3.8) is 0 Å². The molecule has 1 aliphatic carbocycles. The molecule has 0 radical (unpaired) electrons. The van der Waals surface area contributed by atoms with Gasteiger partial charge in [0.1, 0.15) is 0 Å². The number of piperazine rings is 1. The Labute approximate surface area is 137 Å². The second-order valence-corrected chi connectivity index (χ2v) is 8.00. The lowest BCUT2D eigenvalue weighted by Crippen LogP contribution is -2.50. The molecule has 1 N–H and O–H groups in total. The Bertz CT molecular complexity index is 423. The molecule has 0 amide bonds. The summed E-state index contributed by atoms with van der Waals surface area (Å²) in [5.41, 5.74) is 0. The molecule has 0 atom stereocenters. The third kappa shape index (κ3) is 4.67. The molecule has 2 fully saturated rings. The molecule has 0 bridgehead atoms. The monoisotopic (exact) mass is 327 g/mol. The minimum absolute atomic E-state index is 0.884. The third-order valence-electron chi connectivity index (χ3n) is 4.78. The van der Waals surface area contributed by atoms with Crippen LogP contribution in [0.15, 0.2) is 12.1 Å². The Morgan fingerprint density at radius 2 is 1.90 bits per heavy atom. The predicted molar refractivity (Wildman–Crippen MR) is 91.3 cm³/mol. The van der Waals surface area contributed by atoms with Crippen LogP contribution in [-0.4, -0.2) is 55.1 Å². The molecule has 3 rings (SSSR count). The maximum Gasteiger partial charge on any atom is 0.0931 e. The largest absolute Gasteiger partial charge is 0.311 e. The molecule has 21 heavy (non-hydrogen) atoms. The van der Waals surface area contributed by atoms with E-state index in [0.29, 0.717) is 0 Å². The second kappa shape index (κ2) is 7.93. The van der Waals surface area contributed by atoms with E-state index in [2.05, 4.69) is 21.2 Å². The van der Waals surface area contributed by atoms with E-state index >= 15 is 0 Å². The fourth-order valence-corrected chi connectivity index (χ4v) is 4.57. The van der Waals surface area contributed by atoms with E-state index in [1.54, 1.807) is 11.3 Å². The van der Waals surface area contributed by atoms with Crippen LogP contribution in [0.25, 0.3) is 0 Å². The van der Waals surface area contributed by atoms with Crippen LogP contribution in [0.3, 0.4) is 0 Å². The molecule has 1 aliphatic heterocycles. The number of halogens is 1. The Kier molecular flexibility index (Phi) is 5.95. The van der Waals surface area contributed by atoms with Gasteiger partial charge in [-0.3, -0.25) is 9.80 Å². The van der Waals surface area contributed by atoms with Crippen molar-refractivity contribution in [3.8, 4) is 0 Å². The first-order chi connectivity index (χ1) is 10.3. The summed E-state index contributed by atoms with van der Waals surface area (Å²) in [4.78, 5) is 6.65. The van der Waals surface area contributed by atoms with Gasteiger partial charge >= 0.3 is 0 Å². The fourth-order valence-electron chi connectivity index (χ4n) is 3.52. The van der Waals surface area contributed by atoms with Crippen LogP contribution < -0.4 is 5.32 Å². The SMILES string of the molecule is Clc1ccc(CNCCN2CCN(C3CCCC3)CC2)s1. The van der Waals surface area contributed by atoms with Gasteiger partial charge in [-0.25, -0.2) is 0 Å². The van der Waals surface area contributed by atoms with Gasteiger partial charge in [0.15, 0.2) is 0 Å². The topological polar surface area (TPSA) is 18.5 Å². The number of hydrogen-bond acceptors (Lipinski definition) is 4. The quantitative estimate of drug-likeness (QED) is 0.810. The summed E-state index contributed by atoms with van der Waals surface area (Å²) in [7, 11) is 0. The average molecular weight is 328 g/mol. The molecule has 1 saturated carbocycles. The maximum absolute atomic E-state index is 5.94. The first-order valence-electron chi connectivity index (χ1n) is 8.22. The normalized spacial score (nSPS) is 22.1. The molecule has 118 valence electrons. The van der Waals surface area contributed by atoms with Crippen molar-refractivity contribution < 1.29 is 0 Å². The number of nitrogens with one attached hydrogen (secondary N) is 1. The summed E-state index contributed by atoms with van der Waals surface area (Å²) >= 11 is 7.61. The van der Waals surface area contributed by atoms with E-state index < -0.39 is 0 Å². The molecular weight excluding hydrogens is 302 g/mol. The summed E-state index contributed by atoms with van der Waals surface area (Å²) in [6, 6.07) is 4.99. The highest BCUT2D eigenvalue weighted by Gasteiger charge is 2.25. The number of thiophene rings is 1. The van der Waals surface area contributed by atoms with Gasteiger partial charge in [0.25, 0.3) is 0 Å². The van der Waals surface area contributed by atoms with E-state index in [1.807, 2.05) is 6.07 Å². The molecule has 0 spiro atoms.